The monoisotopic (exact) mass is 79.0 g/mol. The SMILES string of the molecule is N#CN=O.[Na]. The molecule has 0 saturated heterocycles. The minimum atomic E-state index is 0. The zero-order chi connectivity index (χ0) is 3.41. The van der Waals surface area contributed by atoms with Crippen LogP contribution >= 0.6 is 0 Å². The first kappa shape index (κ1) is 8.92. The van der Waals surface area contributed by atoms with E-state index in [4.69, 9.17) is 10.2 Å². The van der Waals surface area contributed by atoms with E-state index >= 15 is 0 Å². The maximum absolute atomic E-state index is 8.56. The predicted octanol–water partition coefficient (Wildman–Crippen LogP) is -0.147. The topological polar surface area (TPSA) is 53.2 Å². The van der Waals surface area contributed by atoms with Gasteiger partial charge in [-0.3, -0.25) is 0 Å². The molecular formula is CN2NaO. The summed E-state index contributed by atoms with van der Waals surface area (Å²) < 4.78 is 0. The molecule has 0 saturated carbocycles. The first-order valence-corrected chi connectivity index (χ1v) is 0.630. The van der Waals surface area contributed by atoms with Gasteiger partial charge in [0, 0.05) is 29.6 Å². The van der Waals surface area contributed by atoms with E-state index in [9.17, 15) is 0 Å². The summed E-state index contributed by atoms with van der Waals surface area (Å²) in [6.45, 7) is 0. The van der Waals surface area contributed by atoms with Crippen LogP contribution in [0.1, 0.15) is 0 Å². The summed E-state index contributed by atoms with van der Waals surface area (Å²) in [6.07, 6.45) is 1.00. The zero-order valence-electron chi connectivity index (χ0n) is 2.80. The summed E-state index contributed by atoms with van der Waals surface area (Å²) >= 11 is 0. The van der Waals surface area contributed by atoms with Crippen LogP contribution < -0.4 is 0 Å². The van der Waals surface area contributed by atoms with E-state index in [-0.39, 0.29) is 29.6 Å². The van der Waals surface area contributed by atoms with Crippen molar-refractivity contribution in [2.24, 2.45) is 5.18 Å². The Morgan fingerprint density at radius 2 is 2.00 bits per heavy atom. The van der Waals surface area contributed by atoms with Crippen molar-refractivity contribution >= 4 is 29.6 Å². The molecule has 0 aromatic heterocycles. The van der Waals surface area contributed by atoms with E-state index in [1.165, 1.54) is 0 Å². The Hall–Kier alpha value is 0.0900. The Labute approximate surface area is 51.2 Å². The van der Waals surface area contributed by atoms with Gasteiger partial charge in [0.05, 0.1) is 5.18 Å². The Morgan fingerprint density at radius 3 is 2.00 bits per heavy atom. The fourth-order valence-electron chi connectivity index (χ4n) is 0. The number of hydrogen-bond acceptors (Lipinski definition) is 3. The standard InChI is InChI=1S/CN2O.Na/c2-1-3-4;. The van der Waals surface area contributed by atoms with Crippen LogP contribution in [0, 0.1) is 16.4 Å². The summed E-state index contributed by atoms with van der Waals surface area (Å²) in [6, 6.07) is 0. The van der Waals surface area contributed by atoms with Gasteiger partial charge in [0.2, 0.25) is 6.19 Å². The molecule has 5 heavy (non-hydrogen) atoms. The van der Waals surface area contributed by atoms with Crippen molar-refractivity contribution < 1.29 is 0 Å². The van der Waals surface area contributed by atoms with Crippen molar-refractivity contribution in [2.75, 3.05) is 0 Å². The molecule has 4 heteroatoms. The van der Waals surface area contributed by atoms with Crippen LogP contribution in [0.4, 0.5) is 0 Å². The molecule has 0 aromatic rings. The molecule has 0 N–H and O–H groups in total. The fourth-order valence-corrected chi connectivity index (χ4v) is 0. The summed E-state index contributed by atoms with van der Waals surface area (Å²) in [4.78, 5) is 8.56. The fraction of sp³-hybridized carbons (Fsp3) is 0. The van der Waals surface area contributed by atoms with Gasteiger partial charge < -0.3 is 0 Å². The first-order chi connectivity index (χ1) is 1.91. The van der Waals surface area contributed by atoms with Gasteiger partial charge in [0.15, 0.2) is 0 Å². The van der Waals surface area contributed by atoms with Crippen LogP contribution in [0.25, 0.3) is 0 Å². The van der Waals surface area contributed by atoms with E-state index in [0.29, 0.717) is 0 Å². The summed E-state index contributed by atoms with van der Waals surface area (Å²) in [5.41, 5.74) is 0. The maximum Gasteiger partial charge on any atom is 0.248 e. The molecule has 0 atom stereocenters. The molecule has 0 fully saturated rings. The molecule has 3 nitrogen and oxygen atoms in total. The van der Waals surface area contributed by atoms with E-state index < -0.39 is 0 Å². The second-order valence-electron chi connectivity index (χ2n) is 0.191. The molecule has 0 amide bonds. The zero-order valence-corrected chi connectivity index (χ0v) is 4.80. The quantitative estimate of drug-likeness (QED) is 0.230. The molecule has 0 heterocycles. The van der Waals surface area contributed by atoms with Crippen LogP contribution in [0.3, 0.4) is 0 Å². The van der Waals surface area contributed by atoms with Crippen LogP contribution in [0.2, 0.25) is 0 Å². The number of nitrogens with zero attached hydrogens (tertiary/aromatic N) is 2. The molecule has 0 aliphatic rings. The molecule has 0 spiro atoms. The third kappa shape index (κ3) is 15.0. The number of hydrogen-bond donors (Lipinski definition) is 0. The Balaban J connectivity index is 0. The minimum absolute atomic E-state index is 0. The molecule has 1 radical (unpaired) electrons. The van der Waals surface area contributed by atoms with Crippen molar-refractivity contribution in [3.05, 3.63) is 4.91 Å². The summed E-state index contributed by atoms with van der Waals surface area (Å²) in [5.74, 6) is 0. The van der Waals surface area contributed by atoms with Gasteiger partial charge in [-0.1, -0.05) is 0 Å². The van der Waals surface area contributed by atoms with Crippen molar-refractivity contribution in [1.29, 1.82) is 5.26 Å². The largest absolute Gasteiger partial charge is 0.248 e. The van der Waals surface area contributed by atoms with Gasteiger partial charge >= 0.3 is 0 Å². The van der Waals surface area contributed by atoms with Crippen molar-refractivity contribution in [2.45, 2.75) is 0 Å². The van der Waals surface area contributed by atoms with Gasteiger partial charge in [0.25, 0.3) is 0 Å². The van der Waals surface area contributed by atoms with Crippen LogP contribution in [0.15, 0.2) is 5.18 Å². The van der Waals surface area contributed by atoms with Gasteiger partial charge in [0.1, 0.15) is 0 Å². The van der Waals surface area contributed by atoms with Gasteiger partial charge in [-0.2, -0.15) is 5.26 Å². The summed E-state index contributed by atoms with van der Waals surface area (Å²) in [5, 5.41) is 8.94. The number of nitroso groups, excluding NO2 is 1. The minimum Gasteiger partial charge on any atom is -0.167 e. The Bertz CT molecular complexity index is 55.2. The van der Waals surface area contributed by atoms with Crippen LogP contribution in [-0.4, -0.2) is 29.6 Å². The molecule has 0 aliphatic carbocycles. The van der Waals surface area contributed by atoms with E-state index in [2.05, 4.69) is 0 Å². The number of rotatable bonds is 0. The third-order valence-electron chi connectivity index (χ3n) is 0.0408. The van der Waals surface area contributed by atoms with Crippen molar-refractivity contribution in [3.8, 4) is 6.19 Å². The van der Waals surface area contributed by atoms with Crippen LogP contribution in [-0.2, 0) is 0 Å². The second kappa shape index (κ2) is 8.94. The average Bonchev–Trinajstić information content (AvgIpc) is 1.37. The molecule has 0 bridgehead atoms. The van der Waals surface area contributed by atoms with Gasteiger partial charge in [-0.05, 0) is 0 Å². The first-order valence-electron chi connectivity index (χ1n) is 0.630. The Morgan fingerprint density at radius 1 is 1.80 bits per heavy atom. The molecule has 0 aliphatic heterocycles. The molecular weight excluding hydrogens is 79.0 g/mol. The van der Waals surface area contributed by atoms with Crippen LogP contribution in [0.5, 0.6) is 0 Å². The molecule has 0 aromatic carbocycles. The van der Waals surface area contributed by atoms with E-state index in [1.54, 1.807) is 5.18 Å². The predicted molar refractivity (Wildman–Crippen MR) is 17.2 cm³/mol. The van der Waals surface area contributed by atoms with E-state index in [0.717, 1.165) is 6.19 Å². The molecule has 0 unspecified atom stereocenters. The van der Waals surface area contributed by atoms with Crippen molar-refractivity contribution in [3.63, 3.8) is 0 Å². The molecule has 21 valence electrons. The second-order valence-corrected chi connectivity index (χ2v) is 0.191. The average molecular weight is 79.0 g/mol. The third-order valence-corrected chi connectivity index (χ3v) is 0.0408. The Kier molecular flexibility index (Phi) is 15.9. The van der Waals surface area contributed by atoms with E-state index in [1.807, 2.05) is 0 Å². The normalized spacial score (nSPS) is 3.00. The molecule has 0 rings (SSSR count). The summed E-state index contributed by atoms with van der Waals surface area (Å²) in [7, 11) is 0. The van der Waals surface area contributed by atoms with Crippen molar-refractivity contribution in [1.82, 2.24) is 0 Å². The smallest absolute Gasteiger partial charge is 0.167 e. The maximum atomic E-state index is 8.56. The number of nitriles is 1. The van der Waals surface area contributed by atoms with Gasteiger partial charge in [-0.15, -0.1) is 4.91 Å². The van der Waals surface area contributed by atoms with Gasteiger partial charge in [-0.25, -0.2) is 0 Å².